The van der Waals surface area contributed by atoms with Crippen LogP contribution in [0, 0.1) is 6.07 Å². The normalized spacial score (nSPS) is 13.1. The summed E-state index contributed by atoms with van der Waals surface area (Å²) < 4.78 is 23.8. The van der Waals surface area contributed by atoms with Gasteiger partial charge in [0.05, 0.1) is 6.07 Å². The minimum Gasteiger partial charge on any atom is -0.575 e. The Bertz CT molecular complexity index is 247. The summed E-state index contributed by atoms with van der Waals surface area (Å²) in [6, 6.07) is 5.67. The molecule has 0 saturated heterocycles. The molecule has 1 rings (SSSR count). The van der Waals surface area contributed by atoms with E-state index in [1.807, 2.05) is 0 Å². The Morgan fingerprint density at radius 2 is 2.09 bits per heavy atom. The minimum atomic E-state index is -2.47. The number of rotatable bonds is 1. The smallest absolute Gasteiger partial charge is 0.217 e. The summed E-state index contributed by atoms with van der Waals surface area (Å²) in [5.41, 5.74) is 0. The Morgan fingerprint density at radius 1 is 1.45 bits per heavy atom. The Hall–Kier alpha value is 0.420. The molecule has 0 amide bonds. The Balaban J connectivity index is 3.08. The van der Waals surface area contributed by atoms with E-state index < -0.39 is 11.6 Å². The molecule has 1 nitrogen and oxygen atoms in total. The van der Waals surface area contributed by atoms with Gasteiger partial charge in [0, 0.05) is 18.9 Å². The van der Waals surface area contributed by atoms with E-state index in [4.69, 9.17) is 0 Å². The Labute approximate surface area is 83.7 Å². The second-order valence-electron chi connectivity index (χ2n) is 1.73. The monoisotopic (exact) mass is 299 g/mol. The van der Waals surface area contributed by atoms with E-state index in [2.05, 4.69) is 37.9 Å². The van der Waals surface area contributed by atoms with Crippen molar-refractivity contribution in [3.05, 3.63) is 27.1 Å². The van der Waals surface area contributed by atoms with Crippen LogP contribution in [0.5, 0.6) is 0 Å². The zero-order valence-electron chi connectivity index (χ0n) is 5.11. The zero-order chi connectivity index (χ0) is 8.43. The van der Waals surface area contributed by atoms with Crippen molar-refractivity contribution in [2.75, 3.05) is 0 Å². The maximum absolute atomic E-state index is 12.2. The molecule has 0 N–H and O–H groups in total. The summed E-state index contributed by atoms with van der Waals surface area (Å²) >= 11 is 3.76. The molecule has 1 aromatic rings. The predicted molar refractivity (Wildman–Crippen MR) is 48.2 cm³/mol. The van der Waals surface area contributed by atoms with Crippen LogP contribution in [0.4, 0.5) is 3.89 Å². The van der Waals surface area contributed by atoms with Crippen LogP contribution in [0.3, 0.4) is 0 Å². The molecule has 0 spiro atoms. The van der Waals surface area contributed by atoms with Crippen LogP contribution < -0.4 is 0 Å². The number of benzene rings is 1. The van der Waals surface area contributed by atoms with Gasteiger partial charge in [0.2, 0.25) is 16.5 Å². The predicted octanol–water partition coefficient (Wildman–Crippen LogP) is 3.00. The first-order chi connectivity index (χ1) is 5.09. The number of hydrogen-bond acceptors (Lipinski definition) is 1. The van der Waals surface area contributed by atoms with E-state index in [0.29, 0.717) is 8.95 Å². The Kier molecular flexibility index (Phi) is 3.36. The van der Waals surface area contributed by atoms with Crippen molar-refractivity contribution in [2.24, 2.45) is 0 Å². The van der Waals surface area contributed by atoms with Crippen molar-refractivity contribution in [3.63, 3.8) is 0 Å². The summed E-state index contributed by atoms with van der Waals surface area (Å²) in [6.07, 6.45) is 0. The fraction of sp³-hybridized carbons (Fsp3) is 0. The number of hydrogen-bond donors (Lipinski definition) is 0. The molecule has 0 saturated carbocycles. The average molecular weight is 301 g/mol. The first-order valence-electron chi connectivity index (χ1n) is 2.56. The molecule has 1 unspecified atom stereocenters. The maximum atomic E-state index is 12.2. The molecular weight excluding hydrogens is 299 g/mol. The maximum Gasteiger partial charge on any atom is 0.217 e. The fourth-order valence-electron chi connectivity index (χ4n) is 0.564. The van der Waals surface area contributed by atoms with Gasteiger partial charge in [-0.2, -0.15) is 0 Å². The first-order valence-corrected chi connectivity index (χ1v) is 5.19. The van der Waals surface area contributed by atoms with Gasteiger partial charge < -0.3 is 4.55 Å². The largest absolute Gasteiger partial charge is 0.575 e. The molecule has 0 aromatic heterocycles. The van der Waals surface area contributed by atoms with Crippen molar-refractivity contribution in [1.29, 1.82) is 0 Å². The van der Waals surface area contributed by atoms with Gasteiger partial charge in [0.1, 0.15) is 0 Å². The molecule has 0 aliphatic heterocycles. The molecule has 1 radical (unpaired) electrons. The van der Waals surface area contributed by atoms with E-state index >= 15 is 0 Å². The van der Waals surface area contributed by atoms with Crippen LogP contribution in [-0.2, 0) is 11.6 Å². The van der Waals surface area contributed by atoms with Crippen molar-refractivity contribution < 1.29 is 8.44 Å². The van der Waals surface area contributed by atoms with Crippen molar-refractivity contribution in [3.8, 4) is 0 Å². The van der Waals surface area contributed by atoms with Crippen LogP contribution in [0.2, 0.25) is 0 Å². The molecule has 0 aliphatic rings. The summed E-state index contributed by atoms with van der Waals surface area (Å²) in [7, 11) is 0. The summed E-state index contributed by atoms with van der Waals surface area (Å²) in [4.78, 5) is 0.0336. The van der Waals surface area contributed by atoms with Crippen molar-refractivity contribution in [1.82, 2.24) is 0 Å². The lowest BCUT2D eigenvalue weighted by atomic mass is 10.4. The topological polar surface area (TPSA) is 23.1 Å². The van der Waals surface area contributed by atoms with E-state index in [1.54, 1.807) is 6.07 Å². The molecular formula is C6H2Br2FOS. The highest BCUT2D eigenvalue weighted by molar-refractivity contribution is 9.11. The lowest BCUT2D eigenvalue weighted by Gasteiger charge is -1.97. The van der Waals surface area contributed by atoms with Crippen molar-refractivity contribution in [2.45, 2.75) is 4.90 Å². The SMILES string of the molecule is [O-][S+](F)c1[c]c(Br)cc(Br)c1. The van der Waals surface area contributed by atoms with E-state index in [9.17, 15) is 8.44 Å². The third-order valence-electron chi connectivity index (χ3n) is 0.949. The summed E-state index contributed by atoms with van der Waals surface area (Å²) in [5, 5.41) is 0. The zero-order valence-corrected chi connectivity index (χ0v) is 9.09. The van der Waals surface area contributed by atoms with Gasteiger partial charge in [-0.1, -0.05) is 15.9 Å². The minimum absolute atomic E-state index is 0.0336. The molecule has 59 valence electrons. The quantitative estimate of drug-likeness (QED) is 0.731. The Morgan fingerprint density at radius 3 is 2.55 bits per heavy atom. The van der Waals surface area contributed by atoms with Gasteiger partial charge in [-0.05, 0) is 22.0 Å². The average Bonchev–Trinajstić information content (AvgIpc) is 1.85. The molecule has 0 fully saturated rings. The van der Waals surface area contributed by atoms with E-state index in [0.717, 1.165) is 0 Å². The highest BCUT2D eigenvalue weighted by atomic mass is 79.9. The van der Waals surface area contributed by atoms with Crippen LogP contribution in [0.25, 0.3) is 0 Å². The highest BCUT2D eigenvalue weighted by Gasteiger charge is 2.12. The van der Waals surface area contributed by atoms with Gasteiger partial charge in [-0.3, -0.25) is 0 Å². The second-order valence-corrected chi connectivity index (χ2v) is 4.39. The highest BCUT2D eigenvalue weighted by Crippen LogP contribution is 2.23. The summed E-state index contributed by atoms with van der Waals surface area (Å²) in [6.45, 7) is 0. The lowest BCUT2D eigenvalue weighted by molar-refractivity contribution is 0.550. The van der Waals surface area contributed by atoms with Crippen LogP contribution in [0.1, 0.15) is 0 Å². The lowest BCUT2D eigenvalue weighted by Crippen LogP contribution is -1.91. The van der Waals surface area contributed by atoms with Gasteiger partial charge in [0.15, 0.2) is 0 Å². The van der Waals surface area contributed by atoms with Gasteiger partial charge in [0.25, 0.3) is 0 Å². The van der Waals surface area contributed by atoms with Crippen LogP contribution in [-0.4, -0.2) is 4.55 Å². The number of halogens is 3. The van der Waals surface area contributed by atoms with Gasteiger partial charge in [-0.15, -0.1) is 0 Å². The van der Waals surface area contributed by atoms with Crippen molar-refractivity contribution >= 4 is 43.4 Å². The van der Waals surface area contributed by atoms with Gasteiger partial charge in [-0.25, -0.2) is 0 Å². The molecule has 0 aliphatic carbocycles. The molecule has 0 heterocycles. The standard InChI is InChI=1S/C6H2Br2FOS/c7-4-1-5(8)3-6(2-4)11(9)10/h1-2H. The van der Waals surface area contributed by atoms with E-state index in [-0.39, 0.29) is 4.90 Å². The van der Waals surface area contributed by atoms with E-state index in [1.165, 1.54) is 6.07 Å². The van der Waals surface area contributed by atoms with Crippen LogP contribution in [0.15, 0.2) is 26.0 Å². The van der Waals surface area contributed by atoms with Crippen LogP contribution >= 0.6 is 31.9 Å². The molecule has 1 atom stereocenters. The molecule has 1 aromatic carbocycles. The fourth-order valence-corrected chi connectivity index (χ4v) is 2.48. The summed E-state index contributed by atoms with van der Waals surface area (Å²) in [5.74, 6) is 0. The second kappa shape index (κ2) is 3.89. The molecule has 0 bridgehead atoms. The third-order valence-corrected chi connectivity index (χ3v) is 2.40. The third kappa shape index (κ3) is 2.74. The van der Waals surface area contributed by atoms with Gasteiger partial charge >= 0.3 is 0 Å². The molecule has 5 heteroatoms. The first kappa shape index (κ1) is 9.51. The molecule has 11 heavy (non-hydrogen) atoms.